The van der Waals surface area contributed by atoms with Crippen LogP contribution in [0.4, 0.5) is 5.82 Å². The van der Waals surface area contributed by atoms with Gasteiger partial charge >= 0.3 is 0 Å². The molecule has 2 aromatic rings. The highest BCUT2D eigenvalue weighted by Crippen LogP contribution is 2.14. The lowest BCUT2D eigenvalue weighted by molar-refractivity contribution is 0.178. The number of alkyl halides is 1. The van der Waals surface area contributed by atoms with Crippen molar-refractivity contribution in [1.29, 1.82) is 0 Å². The number of nitrogen functional groups attached to an aromatic ring is 1. The normalized spacial score (nSPS) is 13.2. The standard InChI is InChI=1S/C8H10ClN5O/c9-1-5(15)2-14-4-13-6-7(10)11-3-12-8(6)14/h3-5,15H,1-2H2,(H2,10,11,12)/t5-/m1/s1. The minimum atomic E-state index is -0.625. The van der Waals surface area contributed by atoms with Crippen molar-refractivity contribution in [3.63, 3.8) is 0 Å². The molecule has 0 aromatic carbocycles. The van der Waals surface area contributed by atoms with Gasteiger partial charge in [-0.05, 0) is 0 Å². The number of rotatable bonds is 3. The number of aliphatic hydroxyl groups excluding tert-OH is 1. The van der Waals surface area contributed by atoms with Crippen LogP contribution in [0.2, 0.25) is 0 Å². The Bertz CT molecular complexity index is 471. The van der Waals surface area contributed by atoms with E-state index in [1.165, 1.54) is 6.33 Å². The molecule has 0 radical (unpaired) electrons. The average Bonchev–Trinajstić information content (AvgIpc) is 2.63. The van der Waals surface area contributed by atoms with Gasteiger partial charge in [-0.3, -0.25) is 0 Å². The molecule has 0 spiro atoms. The fourth-order valence-corrected chi connectivity index (χ4v) is 1.41. The van der Waals surface area contributed by atoms with Gasteiger partial charge in [-0.1, -0.05) is 0 Å². The predicted octanol–water partition coefficient (Wildman–Crippen LogP) is 0.00820. The van der Waals surface area contributed by atoms with Gasteiger partial charge in [0.2, 0.25) is 0 Å². The molecule has 0 unspecified atom stereocenters. The predicted molar refractivity (Wildman–Crippen MR) is 56.5 cm³/mol. The van der Waals surface area contributed by atoms with Crippen molar-refractivity contribution in [2.45, 2.75) is 12.6 Å². The number of nitrogens with zero attached hydrogens (tertiary/aromatic N) is 4. The molecule has 15 heavy (non-hydrogen) atoms. The van der Waals surface area contributed by atoms with Crippen molar-refractivity contribution in [3.8, 4) is 0 Å². The molecule has 0 bridgehead atoms. The summed E-state index contributed by atoms with van der Waals surface area (Å²) in [5.41, 5.74) is 6.76. The molecular formula is C8H10ClN5O. The molecule has 0 aliphatic rings. The Morgan fingerprint density at radius 2 is 2.27 bits per heavy atom. The van der Waals surface area contributed by atoms with Gasteiger partial charge in [0, 0.05) is 0 Å². The summed E-state index contributed by atoms with van der Waals surface area (Å²) in [6, 6.07) is 0. The fourth-order valence-electron chi connectivity index (χ4n) is 1.31. The zero-order chi connectivity index (χ0) is 10.8. The zero-order valence-corrected chi connectivity index (χ0v) is 8.59. The van der Waals surface area contributed by atoms with E-state index in [9.17, 15) is 5.11 Å². The van der Waals surface area contributed by atoms with Gasteiger partial charge in [0.15, 0.2) is 11.5 Å². The van der Waals surface area contributed by atoms with Gasteiger partial charge in [0.25, 0.3) is 0 Å². The minimum Gasteiger partial charge on any atom is -0.390 e. The van der Waals surface area contributed by atoms with E-state index in [0.717, 1.165) is 0 Å². The molecule has 0 saturated heterocycles. The summed E-state index contributed by atoms with van der Waals surface area (Å²) >= 11 is 5.51. The summed E-state index contributed by atoms with van der Waals surface area (Å²) in [5, 5.41) is 9.40. The third-order valence-corrected chi connectivity index (χ3v) is 2.37. The molecule has 0 saturated carbocycles. The molecular weight excluding hydrogens is 218 g/mol. The second kappa shape index (κ2) is 4.00. The quantitative estimate of drug-likeness (QED) is 0.721. The van der Waals surface area contributed by atoms with E-state index in [0.29, 0.717) is 23.5 Å². The SMILES string of the molecule is Nc1ncnc2c1ncn2C[C@H](O)CCl. The topological polar surface area (TPSA) is 89.9 Å². The maximum Gasteiger partial charge on any atom is 0.165 e. The second-order valence-corrected chi connectivity index (χ2v) is 3.44. The number of halogens is 1. The third-order valence-electron chi connectivity index (χ3n) is 2.02. The number of anilines is 1. The molecule has 1 atom stereocenters. The molecule has 2 rings (SSSR count). The second-order valence-electron chi connectivity index (χ2n) is 3.14. The molecule has 6 nitrogen and oxygen atoms in total. The first kappa shape index (κ1) is 10.1. The summed E-state index contributed by atoms with van der Waals surface area (Å²) in [5.74, 6) is 0.499. The van der Waals surface area contributed by atoms with Crippen molar-refractivity contribution in [1.82, 2.24) is 19.5 Å². The van der Waals surface area contributed by atoms with Crippen LogP contribution in [0.3, 0.4) is 0 Å². The molecule has 0 fully saturated rings. The van der Waals surface area contributed by atoms with Gasteiger partial charge in [0.05, 0.1) is 24.9 Å². The lowest BCUT2D eigenvalue weighted by atomic mass is 10.4. The van der Waals surface area contributed by atoms with Crippen LogP contribution < -0.4 is 5.73 Å². The van der Waals surface area contributed by atoms with E-state index in [4.69, 9.17) is 17.3 Å². The number of hydrogen-bond acceptors (Lipinski definition) is 5. The van der Waals surface area contributed by atoms with E-state index in [-0.39, 0.29) is 5.88 Å². The number of aliphatic hydroxyl groups is 1. The third kappa shape index (κ3) is 1.86. The Balaban J connectivity index is 2.41. The van der Waals surface area contributed by atoms with Gasteiger partial charge < -0.3 is 15.4 Å². The molecule has 3 N–H and O–H groups in total. The Kier molecular flexibility index (Phi) is 2.70. The van der Waals surface area contributed by atoms with Crippen LogP contribution in [0, 0.1) is 0 Å². The van der Waals surface area contributed by atoms with Crippen molar-refractivity contribution in [3.05, 3.63) is 12.7 Å². The van der Waals surface area contributed by atoms with Gasteiger partial charge in [-0.25, -0.2) is 15.0 Å². The van der Waals surface area contributed by atoms with E-state index in [2.05, 4.69) is 15.0 Å². The average molecular weight is 228 g/mol. The maximum absolute atomic E-state index is 9.40. The molecule has 2 aromatic heterocycles. The number of aromatic nitrogens is 4. The molecule has 2 heterocycles. The Morgan fingerprint density at radius 1 is 1.47 bits per heavy atom. The zero-order valence-electron chi connectivity index (χ0n) is 7.84. The molecule has 7 heteroatoms. The van der Waals surface area contributed by atoms with Crippen LogP contribution in [-0.2, 0) is 6.54 Å². The van der Waals surface area contributed by atoms with Crippen LogP contribution >= 0.6 is 11.6 Å². The summed E-state index contributed by atoms with van der Waals surface area (Å²) in [4.78, 5) is 11.9. The van der Waals surface area contributed by atoms with Crippen LogP contribution in [0.25, 0.3) is 11.2 Å². The maximum atomic E-state index is 9.40. The summed E-state index contributed by atoms with van der Waals surface area (Å²) < 4.78 is 1.69. The monoisotopic (exact) mass is 227 g/mol. The first-order chi connectivity index (χ1) is 7.22. The van der Waals surface area contributed by atoms with Gasteiger partial charge in [-0.2, -0.15) is 0 Å². The van der Waals surface area contributed by atoms with Crippen LogP contribution in [-0.4, -0.2) is 36.6 Å². The summed E-state index contributed by atoms with van der Waals surface area (Å²) in [7, 11) is 0. The minimum absolute atomic E-state index is 0.167. The first-order valence-electron chi connectivity index (χ1n) is 4.37. The Labute approximate surface area is 90.7 Å². The van der Waals surface area contributed by atoms with Crippen molar-refractivity contribution >= 4 is 28.6 Å². The van der Waals surface area contributed by atoms with E-state index in [1.807, 2.05) is 0 Å². The van der Waals surface area contributed by atoms with E-state index < -0.39 is 6.10 Å². The number of imidazole rings is 1. The van der Waals surface area contributed by atoms with Gasteiger partial charge in [-0.15, -0.1) is 11.6 Å². The summed E-state index contributed by atoms with van der Waals surface area (Å²) in [6.45, 7) is 0.344. The molecule has 0 aliphatic carbocycles. The fraction of sp³-hybridized carbons (Fsp3) is 0.375. The number of fused-ring (bicyclic) bond motifs is 1. The highest BCUT2D eigenvalue weighted by atomic mass is 35.5. The number of hydrogen-bond donors (Lipinski definition) is 2. The highest BCUT2D eigenvalue weighted by molar-refractivity contribution is 6.18. The lowest BCUT2D eigenvalue weighted by Gasteiger charge is -2.07. The smallest absolute Gasteiger partial charge is 0.165 e. The molecule has 80 valence electrons. The van der Waals surface area contributed by atoms with Gasteiger partial charge in [0.1, 0.15) is 11.8 Å². The Morgan fingerprint density at radius 3 is 3.00 bits per heavy atom. The van der Waals surface area contributed by atoms with Crippen molar-refractivity contribution in [2.24, 2.45) is 0 Å². The highest BCUT2D eigenvalue weighted by Gasteiger charge is 2.10. The molecule has 0 aliphatic heterocycles. The van der Waals surface area contributed by atoms with Crippen LogP contribution in [0.5, 0.6) is 0 Å². The Hall–Kier alpha value is -1.40. The van der Waals surface area contributed by atoms with Crippen LogP contribution in [0.1, 0.15) is 0 Å². The lowest BCUT2D eigenvalue weighted by Crippen LogP contribution is -2.17. The van der Waals surface area contributed by atoms with Crippen LogP contribution in [0.15, 0.2) is 12.7 Å². The van der Waals surface area contributed by atoms with Crippen molar-refractivity contribution in [2.75, 3.05) is 11.6 Å². The first-order valence-corrected chi connectivity index (χ1v) is 4.91. The number of nitrogens with two attached hydrogens (primary N) is 1. The van der Waals surface area contributed by atoms with E-state index >= 15 is 0 Å². The summed E-state index contributed by atoms with van der Waals surface area (Å²) in [6.07, 6.45) is 2.30. The van der Waals surface area contributed by atoms with Crippen molar-refractivity contribution < 1.29 is 5.11 Å². The largest absolute Gasteiger partial charge is 0.390 e. The molecule has 0 amide bonds. The van der Waals surface area contributed by atoms with E-state index in [1.54, 1.807) is 10.9 Å².